The average Bonchev–Trinajstić information content (AvgIpc) is 2.83. The van der Waals surface area contributed by atoms with Gasteiger partial charge in [0.05, 0.1) is 44.3 Å². The third-order valence-corrected chi connectivity index (χ3v) is 13.9. The van der Waals surface area contributed by atoms with Crippen LogP contribution in [-0.2, 0) is 13.1 Å². The lowest BCUT2D eigenvalue weighted by Crippen LogP contribution is -2.32. The highest BCUT2D eigenvalue weighted by molar-refractivity contribution is 6.04. The summed E-state index contributed by atoms with van der Waals surface area (Å²) in [5, 5.41) is 7.39. The second-order valence-corrected chi connectivity index (χ2v) is 21.0. The largest absolute Gasteiger partial charge is 0.377 e. The monoisotopic (exact) mass is 1180 g/mol. The van der Waals surface area contributed by atoms with Crippen LogP contribution in [-0.4, -0.2) is 140 Å². The summed E-state index contributed by atoms with van der Waals surface area (Å²) in [7, 11) is 17.3. The van der Waals surface area contributed by atoms with Crippen molar-refractivity contribution in [2.24, 2.45) is 4.99 Å². The number of amides is 3. The van der Waals surface area contributed by atoms with Crippen LogP contribution in [0.4, 0.5) is 17.1 Å². The number of benzene rings is 3. The maximum absolute atomic E-state index is 13.2. The van der Waals surface area contributed by atoms with Crippen LogP contribution in [0.5, 0.6) is 0 Å². The standard InChI is InChI=1S/C22H26N4O.2C21H24N4O2.3C2H6/c1-15-8-9-17(13-24-15)18-11-20(16(2)21(12-18)25(3)4)22(27)26(5)14-19-7-6-10-23-19;1-14-6-7-17(11-22-14)18-8-19(15(2)20(9-18)24(3)4)21(26)25(5)12-16-10-23-27-13-16;1-14-6-7-16(12-22-14)17-10-19(15(2)20(11-17)24(3)4)21(26)25(5)13-18-8-9-23-27-18;3*1-2/h6-9,11-13H,10,14H2,1-5H3;6-11,13H,12H2,1-5H3;6-12H,13H2,1-5H3;3*1-2H3. The molecule has 87 heavy (non-hydrogen) atoms. The Hall–Kier alpha value is -9.25. The van der Waals surface area contributed by atoms with Gasteiger partial charge in [-0.2, -0.15) is 0 Å². The molecular weight excluding hydrogens is 1090 g/mol. The summed E-state index contributed by atoms with van der Waals surface area (Å²) < 4.78 is 9.99. The first-order valence-corrected chi connectivity index (χ1v) is 29.6. The van der Waals surface area contributed by atoms with Gasteiger partial charge >= 0.3 is 0 Å². The van der Waals surface area contributed by atoms with Crippen molar-refractivity contribution in [3.8, 4) is 33.4 Å². The van der Waals surface area contributed by atoms with Crippen molar-refractivity contribution >= 4 is 40.5 Å². The molecular formula is C70H92N12O5. The van der Waals surface area contributed by atoms with Gasteiger partial charge in [-0.15, -0.1) is 0 Å². The highest BCUT2D eigenvalue weighted by Gasteiger charge is 2.23. The molecule has 0 atom stereocenters. The van der Waals surface area contributed by atoms with Gasteiger partial charge in [-0.3, -0.25) is 34.3 Å². The Balaban J connectivity index is 0.000000267. The third-order valence-electron chi connectivity index (χ3n) is 13.9. The van der Waals surface area contributed by atoms with Crippen molar-refractivity contribution in [3.05, 3.63) is 190 Å². The average molecular weight is 1180 g/mol. The Kier molecular flexibility index (Phi) is 27.5. The van der Waals surface area contributed by atoms with E-state index >= 15 is 0 Å². The lowest BCUT2D eigenvalue weighted by Gasteiger charge is -2.23. The first kappa shape index (κ1) is 70.2. The van der Waals surface area contributed by atoms with Crippen LogP contribution in [0.2, 0.25) is 0 Å². The van der Waals surface area contributed by atoms with Gasteiger partial charge in [0, 0.05) is 161 Å². The molecule has 0 aliphatic carbocycles. The predicted octanol–water partition coefficient (Wildman–Crippen LogP) is 14.0. The Morgan fingerprint density at radius 3 is 1.13 bits per heavy atom. The van der Waals surface area contributed by atoms with E-state index < -0.39 is 0 Å². The fourth-order valence-corrected chi connectivity index (χ4v) is 9.30. The second kappa shape index (κ2) is 34.0. The number of aryl methyl sites for hydroxylation is 3. The van der Waals surface area contributed by atoms with E-state index in [1.165, 1.54) is 0 Å². The highest BCUT2D eigenvalue weighted by atomic mass is 16.5. The number of pyridine rings is 3. The van der Waals surface area contributed by atoms with E-state index in [2.05, 4.69) is 48.5 Å². The Morgan fingerprint density at radius 2 is 0.828 bits per heavy atom. The van der Waals surface area contributed by atoms with Gasteiger partial charge in [0.1, 0.15) is 6.26 Å². The van der Waals surface area contributed by atoms with Gasteiger partial charge in [-0.1, -0.05) is 76.1 Å². The molecule has 0 radical (unpaired) electrons. The van der Waals surface area contributed by atoms with Crippen LogP contribution < -0.4 is 14.7 Å². The molecule has 8 aromatic rings. The number of carbonyl (C=O) groups excluding carboxylic acids is 3. The zero-order chi connectivity index (χ0) is 64.7. The summed E-state index contributed by atoms with van der Waals surface area (Å²) in [6.07, 6.45) is 14.3. The summed E-state index contributed by atoms with van der Waals surface area (Å²) in [5.74, 6) is 0.545. The summed E-state index contributed by atoms with van der Waals surface area (Å²) in [6.45, 7) is 25.9. The van der Waals surface area contributed by atoms with Crippen LogP contribution in [0, 0.1) is 41.5 Å². The van der Waals surface area contributed by atoms with Crippen molar-refractivity contribution in [2.75, 3.05) is 91.2 Å². The van der Waals surface area contributed by atoms with Crippen LogP contribution in [0.1, 0.15) is 118 Å². The van der Waals surface area contributed by atoms with Crippen LogP contribution in [0.3, 0.4) is 0 Å². The fraction of sp³-hybridized carbons (Fsp3) is 0.357. The zero-order valence-corrected chi connectivity index (χ0v) is 55.4. The van der Waals surface area contributed by atoms with Crippen LogP contribution >= 0.6 is 0 Å². The quantitative estimate of drug-likeness (QED) is 0.0949. The van der Waals surface area contributed by atoms with Gasteiger partial charge in [-0.25, -0.2) is 0 Å². The molecule has 3 amide bonds. The second-order valence-electron chi connectivity index (χ2n) is 21.0. The Labute approximate surface area is 517 Å². The molecule has 0 unspecified atom stereocenters. The van der Waals surface area contributed by atoms with Gasteiger partial charge < -0.3 is 38.4 Å². The minimum atomic E-state index is -0.0612. The maximum atomic E-state index is 13.2. The molecule has 0 N–H and O–H groups in total. The Bertz CT molecular complexity index is 3360. The van der Waals surface area contributed by atoms with E-state index in [4.69, 9.17) is 9.05 Å². The number of nitrogens with zero attached hydrogens (tertiary/aromatic N) is 12. The molecule has 5 aromatic heterocycles. The molecule has 17 heteroatoms. The molecule has 0 fully saturated rings. The first-order valence-electron chi connectivity index (χ1n) is 29.6. The normalized spacial score (nSPS) is 10.8. The van der Waals surface area contributed by atoms with Gasteiger partial charge in [-0.05, 0) is 136 Å². The predicted molar refractivity (Wildman–Crippen MR) is 357 cm³/mol. The molecule has 0 saturated carbocycles. The van der Waals surface area contributed by atoms with E-state index in [1.807, 2.05) is 232 Å². The lowest BCUT2D eigenvalue weighted by molar-refractivity contribution is 0.0768. The zero-order valence-electron chi connectivity index (χ0n) is 55.4. The molecule has 9 rings (SSSR count). The molecule has 0 saturated heterocycles. The van der Waals surface area contributed by atoms with Crippen LogP contribution in [0.15, 0.2) is 142 Å². The van der Waals surface area contributed by atoms with Crippen molar-refractivity contribution < 1.29 is 23.4 Å². The minimum absolute atomic E-state index is 0.000482. The Morgan fingerprint density at radius 1 is 0.448 bits per heavy atom. The number of aliphatic imine (C=N–C) groups is 1. The molecule has 462 valence electrons. The van der Waals surface area contributed by atoms with Crippen molar-refractivity contribution in [3.63, 3.8) is 0 Å². The van der Waals surface area contributed by atoms with E-state index in [1.54, 1.807) is 53.5 Å². The number of carbonyl (C=O) groups is 3. The van der Waals surface area contributed by atoms with Crippen molar-refractivity contribution in [1.29, 1.82) is 0 Å². The van der Waals surface area contributed by atoms with E-state index in [0.717, 1.165) is 95.5 Å². The molecule has 0 spiro atoms. The summed E-state index contributed by atoms with van der Waals surface area (Å²) >= 11 is 0. The number of hydrogen-bond acceptors (Lipinski definition) is 14. The van der Waals surface area contributed by atoms with Gasteiger partial charge in [0.2, 0.25) is 0 Å². The SMILES string of the molecule is CC.CC.CC.Cc1ccc(-c2cc(C(=O)N(C)CC3=NCC=C3)c(C)c(N(C)C)c2)cn1.Cc1ccc(-c2cc(C(=O)N(C)Cc3ccno3)c(C)c(N(C)C)c2)cn1.Cc1ccc(-c2cc(C(=O)N(C)Cc3cnoc3)c(C)c(N(C)C)c2)cn1. The highest BCUT2D eigenvalue weighted by Crippen LogP contribution is 2.34. The first-order chi connectivity index (χ1) is 41.6. The van der Waals surface area contributed by atoms with Crippen molar-refractivity contribution in [1.82, 2.24) is 40.0 Å². The summed E-state index contributed by atoms with van der Waals surface area (Å²) in [5.41, 5.74) is 18.6. The third kappa shape index (κ3) is 19.1. The number of hydrogen-bond donors (Lipinski definition) is 0. The van der Waals surface area contributed by atoms with Crippen molar-refractivity contribution in [2.45, 2.75) is 96.2 Å². The van der Waals surface area contributed by atoms with E-state index in [0.29, 0.717) is 48.6 Å². The molecule has 17 nitrogen and oxygen atoms in total. The van der Waals surface area contributed by atoms with Crippen LogP contribution in [0.25, 0.3) is 33.4 Å². The molecule has 6 heterocycles. The molecule has 1 aliphatic heterocycles. The summed E-state index contributed by atoms with van der Waals surface area (Å²) in [4.78, 5) is 68.1. The van der Waals surface area contributed by atoms with Gasteiger partial charge in [0.25, 0.3) is 17.7 Å². The number of rotatable bonds is 15. The van der Waals surface area contributed by atoms with E-state index in [-0.39, 0.29) is 17.7 Å². The fourth-order valence-electron chi connectivity index (χ4n) is 9.30. The smallest absolute Gasteiger partial charge is 0.254 e. The molecule has 0 bridgehead atoms. The number of aromatic nitrogens is 5. The minimum Gasteiger partial charge on any atom is -0.377 e. The molecule has 1 aliphatic rings. The summed E-state index contributed by atoms with van der Waals surface area (Å²) in [6, 6.07) is 26.0. The topological polar surface area (TPSA) is 174 Å². The number of anilines is 3. The van der Waals surface area contributed by atoms with E-state index in [9.17, 15) is 14.4 Å². The maximum Gasteiger partial charge on any atom is 0.254 e. The lowest BCUT2D eigenvalue weighted by atomic mass is 9.97. The molecule has 3 aromatic carbocycles. The van der Waals surface area contributed by atoms with Gasteiger partial charge in [0.15, 0.2) is 5.76 Å².